The zero-order valence-electron chi connectivity index (χ0n) is 11.4. The normalized spacial score (nSPS) is 10.9. The number of aromatic nitrogens is 2. The number of anilines is 1. The Labute approximate surface area is 119 Å². The predicted octanol–water partition coefficient (Wildman–Crippen LogP) is 4.20. The van der Waals surface area contributed by atoms with Gasteiger partial charge in [0.25, 0.3) is 0 Å². The lowest BCUT2D eigenvalue weighted by Gasteiger charge is -2.14. The van der Waals surface area contributed by atoms with Crippen LogP contribution in [0.5, 0.6) is 0 Å². The number of hydrogen-bond donors (Lipinski definition) is 1. The molecule has 0 aliphatic heterocycles. The standard InChI is InChI=1S/C13H22ClN3S/c1-10(2)11-12(14)16-9-17-13(11)15-7-5-4-6-8-18-3/h9-10H,4-8H2,1-3H3,(H,15,16,17). The molecular formula is C13H22ClN3S. The van der Waals surface area contributed by atoms with Crippen LogP contribution in [0.3, 0.4) is 0 Å². The van der Waals surface area contributed by atoms with E-state index in [1.807, 2.05) is 11.8 Å². The number of halogens is 1. The molecule has 0 saturated heterocycles. The van der Waals surface area contributed by atoms with Crippen LogP contribution in [0.4, 0.5) is 5.82 Å². The van der Waals surface area contributed by atoms with Crippen molar-refractivity contribution in [1.82, 2.24) is 9.97 Å². The maximum Gasteiger partial charge on any atom is 0.138 e. The Morgan fingerprint density at radius 2 is 2.06 bits per heavy atom. The fourth-order valence-corrected chi connectivity index (χ4v) is 2.63. The fraction of sp³-hybridized carbons (Fsp3) is 0.692. The second-order valence-electron chi connectivity index (χ2n) is 4.56. The lowest BCUT2D eigenvalue weighted by molar-refractivity contribution is 0.745. The zero-order chi connectivity index (χ0) is 13.4. The van der Waals surface area contributed by atoms with Crippen molar-refractivity contribution in [2.45, 2.75) is 39.0 Å². The van der Waals surface area contributed by atoms with Crippen molar-refractivity contribution in [3.8, 4) is 0 Å². The van der Waals surface area contributed by atoms with E-state index >= 15 is 0 Å². The van der Waals surface area contributed by atoms with E-state index in [9.17, 15) is 0 Å². The van der Waals surface area contributed by atoms with Crippen LogP contribution >= 0.6 is 23.4 Å². The van der Waals surface area contributed by atoms with Gasteiger partial charge in [-0.15, -0.1) is 0 Å². The van der Waals surface area contributed by atoms with E-state index in [0.717, 1.165) is 17.9 Å². The monoisotopic (exact) mass is 287 g/mol. The molecule has 0 radical (unpaired) electrons. The van der Waals surface area contributed by atoms with Crippen LogP contribution in [0.15, 0.2) is 6.33 Å². The van der Waals surface area contributed by atoms with Crippen LogP contribution in [0.1, 0.15) is 44.6 Å². The maximum absolute atomic E-state index is 6.11. The van der Waals surface area contributed by atoms with Crippen LogP contribution in [0.25, 0.3) is 0 Å². The summed E-state index contributed by atoms with van der Waals surface area (Å²) in [6.07, 6.45) is 7.37. The van der Waals surface area contributed by atoms with Gasteiger partial charge in [0.05, 0.1) is 0 Å². The summed E-state index contributed by atoms with van der Waals surface area (Å²) in [5.74, 6) is 2.46. The van der Waals surface area contributed by atoms with Gasteiger partial charge < -0.3 is 5.32 Å². The minimum atomic E-state index is 0.331. The molecule has 0 aromatic carbocycles. The molecule has 0 bridgehead atoms. The summed E-state index contributed by atoms with van der Waals surface area (Å²) in [5.41, 5.74) is 1.02. The Bertz CT molecular complexity index is 358. The SMILES string of the molecule is CSCCCCCNc1ncnc(Cl)c1C(C)C. The summed E-state index contributed by atoms with van der Waals surface area (Å²) in [4.78, 5) is 8.33. The highest BCUT2D eigenvalue weighted by Crippen LogP contribution is 2.27. The van der Waals surface area contributed by atoms with E-state index in [-0.39, 0.29) is 0 Å². The summed E-state index contributed by atoms with van der Waals surface area (Å²) in [6, 6.07) is 0. The first-order chi connectivity index (χ1) is 8.66. The average Bonchev–Trinajstić information content (AvgIpc) is 2.33. The molecule has 1 aromatic rings. The molecule has 5 heteroatoms. The quantitative estimate of drug-likeness (QED) is 0.574. The van der Waals surface area contributed by atoms with Gasteiger partial charge in [-0.25, -0.2) is 9.97 Å². The molecule has 0 unspecified atom stereocenters. The van der Waals surface area contributed by atoms with Crippen molar-refractivity contribution in [2.24, 2.45) is 0 Å². The zero-order valence-corrected chi connectivity index (χ0v) is 12.9. The molecule has 1 N–H and O–H groups in total. The van der Waals surface area contributed by atoms with Crippen LogP contribution in [0.2, 0.25) is 5.15 Å². The van der Waals surface area contributed by atoms with E-state index in [4.69, 9.17) is 11.6 Å². The van der Waals surface area contributed by atoms with Gasteiger partial charge in [-0.1, -0.05) is 31.9 Å². The van der Waals surface area contributed by atoms with Crippen LogP contribution in [-0.2, 0) is 0 Å². The first kappa shape index (κ1) is 15.6. The maximum atomic E-state index is 6.11. The largest absolute Gasteiger partial charge is 0.370 e. The van der Waals surface area contributed by atoms with Crippen LogP contribution < -0.4 is 5.32 Å². The Kier molecular flexibility index (Phi) is 7.44. The number of nitrogens with zero attached hydrogens (tertiary/aromatic N) is 2. The lowest BCUT2D eigenvalue weighted by atomic mass is 10.1. The van der Waals surface area contributed by atoms with Gasteiger partial charge in [-0.3, -0.25) is 0 Å². The lowest BCUT2D eigenvalue weighted by Crippen LogP contribution is -2.08. The number of nitrogens with one attached hydrogen (secondary N) is 1. The van der Waals surface area contributed by atoms with Gasteiger partial charge in [0.2, 0.25) is 0 Å². The van der Waals surface area contributed by atoms with Crippen molar-refractivity contribution in [3.05, 3.63) is 17.0 Å². The molecule has 1 aromatic heterocycles. The smallest absolute Gasteiger partial charge is 0.138 e. The number of hydrogen-bond acceptors (Lipinski definition) is 4. The third-order valence-electron chi connectivity index (χ3n) is 2.73. The van der Waals surface area contributed by atoms with Gasteiger partial charge in [0, 0.05) is 12.1 Å². The van der Waals surface area contributed by atoms with Gasteiger partial charge in [-0.05, 0) is 30.8 Å². The molecule has 0 aliphatic rings. The second-order valence-corrected chi connectivity index (χ2v) is 5.91. The van der Waals surface area contributed by atoms with Crippen LogP contribution in [0, 0.1) is 0 Å². The molecule has 102 valence electrons. The highest BCUT2D eigenvalue weighted by molar-refractivity contribution is 7.98. The van der Waals surface area contributed by atoms with E-state index in [2.05, 4.69) is 35.4 Å². The summed E-state index contributed by atoms with van der Waals surface area (Å²) in [5, 5.41) is 3.93. The number of rotatable bonds is 8. The number of unbranched alkanes of at least 4 members (excludes halogenated alkanes) is 2. The first-order valence-electron chi connectivity index (χ1n) is 6.40. The van der Waals surface area contributed by atoms with E-state index < -0.39 is 0 Å². The highest BCUT2D eigenvalue weighted by atomic mass is 35.5. The molecule has 0 aliphatic carbocycles. The summed E-state index contributed by atoms with van der Waals surface area (Å²) >= 11 is 8.02. The van der Waals surface area contributed by atoms with Crippen molar-refractivity contribution in [3.63, 3.8) is 0 Å². The van der Waals surface area contributed by atoms with Crippen molar-refractivity contribution in [2.75, 3.05) is 23.9 Å². The molecule has 1 heterocycles. The third kappa shape index (κ3) is 5.02. The van der Waals surface area contributed by atoms with E-state index in [1.54, 1.807) is 0 Å². The Hall–Kier alpha value is -0.480. The van der Waals surface area contributed by atoms with Crippen LogP contribution in [-0.4, -0.2) is 28.5 Å². The summed E-state index contributed by atoms with van der Waals surface area (Å²) in [6.45, 7) is 5.16. The first-order valence-corrected chi connectivity index (χ1v) is 8.17. The molecule has 0 atom stereocenters. The topological polar surface area (TPSA) is 37.8 Å². The Morgan fingerprint density at radius 1 is 1.28 bits per heavy atom. The van der Waals surface area contributed by atoms with Gasteiger partial charge in [-0.2, -0.15) is 11.8 Å². The minimum Gasteiger partial charge on any atom is -0.370 e. The highest BCUT2D eigenvalue weighted by Gasteiger charge is 2.12. The van der Waals surface area contributed by atoms with Gasteiger partial charge in [0.1, 0.15) is 17.3 Å². The molecule has 0 fully saturated rings. The van der Waals surface area contributed by atoms with Crippen molar-refractivity contribution in [1.29, 1.82) is 0 Å². The van der Waals surface area contributed by atoms with Gasteiger partial charge >= 0.3 is 0 Å². The molecule has 1 rings (SSSR count). The molecule has 0 saturated carbocycles. The van der Waals surface area contributed by atoms with E-state index in [1.165, 1.54) is 31.3 Å². The third-order valence-corrected chi connectivity index (χ3v) is 3.73. The molecule has 0 spiro atoms. The minimum absolute atomic E-state index is 0.331. The Balaban J connectivity index is 2.44. The molecular weight excluding hydrogens is 266 g/mol. The molecule has 0 amide bonds. The Morgan fingerprint density at radius 3 is 2.72 bits per heavy atom. The number of thioether (sulfide) groups is 1. The van der Waals surface area contributed by atoms with Gasteiger partial charge in [0.15, 0.2) is 0 Å². The summed E-state index contributed by atoms with van der Waals surface area (Å²) in [7, 11) is 0. The van der Waals surface area contributed by atoms with E-state index in [0.29, 0.717) is 11.1 Å². The van der Waals surface area contributed by atoms with Crippen molar-refractivity contribution < 1.29 is 0 Å². The second kappa shape index (κ2) is 8.59. The molecule has 3 nitrogen and oxygen atoms in total. The average molecular weight is 288 g/mol. The summed E-state index contributed by atoms with van der Waals surface area (Å²) < 4.78 is 0. The fourth-order valence-electron chi connectivity index (χ4n) is 1.78. The predicted molar refractivity (Wildman–Crippen MR) is 81.9 cm³/mol. The molecule has 18 heavy (non-hydrogen) atoms. The van der Waals surface area contributed by atoms with Crippen molar-refractivity contribution >= 4 is 29.2 Å².